The number of carbonyl (C=O) groups excluding carboxylic acids is 2. The lowest BCUT2D eigenvalue weighted by Crippen LogP contribution is -2.36. The van der Waals surface area contributed by atoms with E-state index in [1.54, 1.807) is 14.0 Å². The molecule has 0 aromatic heterocycles. The number of carbonyl (C=O) groups is 2. The normalized spacial score (nSPS) is 12.3. The van der Waals surface area contributed by atoms with Gasteiger partial charge in [0.05, 0.1) is 18.6 Å². The molecule has 0 aliphatic carbocycles. The maximum atomic E-state index is 12.6. The smallest absolute Gasteiger partial charge is 0.416 e. The fraction of sp³-hybridized carbons (Fsp3) is 0.250. The maximum absolute atomic E-state index is 12.6. The van der Waals surface area contributed by atoms with Crippen molar-refractivity contribution in [1.82, 2.24) is 10.6 Å². The molecule has 0 unspecified atom stereocenters. The van der Waals surface area contributed by atoms with Crippen LogP contribution in [0.2, 0.25) is 0 Å². The van der Waals surface area contributed by atoms with E-state index in [-0.39, 0.29) is 24.6 Å². The van der Waals surface area contributed by atoms with Crippen LogP contribution in [-0.4, -0.2) is 32.0 Å². The van der Waals surface area contributed by atoms with Gasteiger partial charge in [-0.1, -0.05) is 24.3 Å². The Morgan fingerprint density at radius 3 is 2.19 bits per heavy atom. The van der Waals surface area contributed by atoms with E-state index in [0.29, 0.717) is 0 Å². The molecule has 2 N–H and O–H groups in total. The van der Waals surface area contributed by atoms with Crippen LogP contribution in [0.25, 0.3) is 10.8 Å². The monoisotopic (exact) mass is 444 g/mol. The van der Waals surface area contributed by atoms with E-state index in [1.807, 2.05) is 36.4 Å². The summed E-state index contributed by atoms with van der Waals surface area (Å²) in [7, 11) is 1.61. The Kier molecular flexibility index (Phi) is 7.02. The number of hydrogen-bond donors (Lipinski definition) is 2. The highest BCUT2D eigenvalue weighted by Crippen LogP contribution is 2.29. The van der Waals surface area contributed by atoms with Gasteiger partial charge in [-0.2, -0.15) is 13.2 Å². The molecule has 8 heteroatoms. The lowest BCUT2D eigenvalue weighted by atomic mass is 9.97. The van der Waals surface area contributed by atoms with Crippen molar-refractivity contribution in [2.45, 2.75) is 19.0 Å². The van der Waals surface area contributed by atoms with E-state index in [1.165, 1.54) is 0 Å². The van der Waals surface area contributed by atoms with E-state index in [2.05, 4.69) is 10.6 Å². The van der Waals surface area contributed by atoms with Gasteiger partial charge in [0, 0.05) is 18.7 Å². The minimum Gasteiger partial charge on any atom is -0.497 e. The molecule has 0 aliphatic heterocycles. The van der Waals surface area contributed by atoms with Gasteiger partial charge in [0.15, 0.2) is 0 Å². The standard InChI is InChI=1S/C24H23F3N2O3/c1-15(17-3-4-19-14-21(32-2)10-7-18(19)13-17)22(30)28-11-12-29-23(31)16-5-8-20(9-6-16)24(25,26)27/h3-10,13-15H,11-12H2,1-2H3,(H,28,30)(H,29,31)/t15-/m0/s1. The van der Waals surface area contributed by atoms with Crippen LogP contribution in [0.3, 0.4) is 0 Å². The largest absolute Gasteiger partial charge is 0.497 e. The second-order valence-corrected chi connectivity index (χ2v) is 7.32. The topological polar surface area (TPSA) is 67.4 Å². The Morgan fingerprint density at radius 1 is 0.906 bits per heavy atom. The zero-order chi connectivity index (χ0) is 23.3. The van der Waals surface area contributed by atoms with E-state index >= 15 is 0 Å². The number of fused-ring (bicyclic) bond motifs is 1. The first-order chi connectivity index (χ1) is 15.2. The third-order valence-electron chi connectivity index (χ3n) is 5.15. The summed E-state index contributed by atoms with van der Waals surface area (Å²) in [6.45, 7) is 2.14. The second kappa shape index (κ2) is 9.72. The van der Waals surface area contributed by atoms with Crippen LogP contribution in [0.1, 0.15) is 34.3 Å². The molecule has 0 aliphatic rings. The van der Waals surface area contributed by atoms with Crippen molar-refractivity contribution in [2.75, 3.05) is 20.2 Å². The van der Waals surface area contributed by atoms with Gasteiger partial charge in [0.25, 0.3) is 5.91 Å². The molecule has 3 aromatic rings. The molecule has 32 heavy (non-hydrogen) atoms. The van der Waals surface area contributed by atoms with Crippen molar-refractivity contribution in [2.24, 2.45) is 0 Å². The van der Waals surface area contributed by atoms with Crippen molar-refractivity contribution in [1.29, 1.82) is 0 Å². The molecule has 3 aromatic carbocycles. The summed E-state index contributed by atoms with van der Waals surface area (Å²) in [5, 5.41) is 7.34. The van der Waals surface area contributed by atoms with Gasteiger partial charge in [-0.3, -0.25) is 9.59 Å². The number of amides is 2. The summed E-state index contributed by atoms with van der Waals surface area (Å²) >= 11 is 0. The van der Waals surface area contributed by atoms with E-state index in [4.69, 9.17) is 4.74 Å². The summed E-state index contributed by atoms with van der Waals surface area (Å²) in [5.41, 5.74) is 0.155. The summed E-state index contributed by atoms with van der Waals surface area (Å²) in [6, 6.07) is 15.4. The van der Waals surface area contributed by atoms with Crippen LogP contribution < -0.4 is 15.4 Å². The SMILES string of the molecule is COc1ccc2cc([C@H](C)C(=O)NCCNC(=O)c3ccc(C(F)(F)F)cc3)ccc2c1. The predicted molar refractivity (Wildman–Crippen MR) is 116 cm³/mol. The molecule has 0 bridgehead atoms. The molecule has 168 valence electrons. The number of benzene rings is 3. The molecule has 0 heterocycles. The predicted octanol–water partition coefficient (Wildman–Crippen LogP) is 4.52. The van der Waals surface area contributed by atoms with Gasteiger partial charge >= 0.3 is 6.18 Å². The maximum Gasteiger partial charge on any atom is 0.416 e. The molecular formula is C24H23F3N2O3. The first kappa shape index (κ1) is 23.1. The molecule has 0 saturated heterocycles. The number of rotatable bonds is 7. The molecule has 0 fully saturated rings. The molecular weight excluding hydrogens is 421 g/mol. The van der Waals surface area contributed by atoms with Crippen molar-refractivity contribution >= 4 is 22.6 Å². The van der Waals surface area contributed by atoms with E-state index in [0.717, 1.165) is 46.4 Å². The van der Waals surface area contributed by atoms with E-state index in [9.17, 15) is 22.8 Å². The summed E-state index contributed by atoms with van der Waals surface area (Å²) in [4.78, 5) is 24.5. The molecule has 2 amide bonds. The summed E-state index contributed by atoms with van der Waals surface area (Å²) in [6.07, 6.45) is -4.45. The van der Waals surface area contributed by atoms with Gasteiger partial charge < -0.3 is 15.4 Å². The molecule has 0 saturated carbocycles. The first-order valence-corrected chi connectivity index (χ1v) is 10.00. The van der Waals surface area contributed by atoms with Gasteiger partial charge in [-0.25, -0.2) is 0 Å². The lowest BCUT2D eigenvalue weighted by molar-refractivity contribution is -0.137. The molecule has 5 nitrogen and oxygen atoms in total. The minimum absolute atomic E-state index is 0.116. The zero-order valence-electron chi connectivity index (χ0n) is 17.6. The average Bonchev–Trinajstić information content (AvgIpc) is 2.79. The van der Waals surface area contributed by atoms with Crippen molar-refractivity contribution < 1.29 is 27.5 Å². The van der Waals surface area contributed by atoms with Crippen LogP contribution in [0.5, 0.6) is 5.75 Å². The molecule has 0 radical (unpaired) electrons. The van der Waals surface area contributed by atoms with Crippen LogP contribution in [-0.2, 0) is 11.0 Å². The van der Waals surface area contributed by atoms with E-state index < -0.39 is 23.6 Å². The summed E-state index contributed by atoms with van der Waals surface area (Å²) in [5.74, 6) is -0.339. The van der Waals surface area contributed by atoms with Crippen molar-refractivity contribution in [3.05, 3.63) is 77.4 Å². The minimum atomic E-state index is -4.45. The highest BCUT2D eigenvalue weighted by atomic mass is 19.4. The number of alkyl halides is 3. The first-order valence-electron chi connectivity index (χ1n) is 10.00. The number of hydrogen-bond acceptors (Lipinski definition) is 3. The third-order valence-corrected chi connectivity index (χ3v) is 5.15. The van der Waals surface area contributed by atoms with Gasteiger partial charge in [-0.15, -0.1) is 0 Å². The number of nitrogens with one attached hydrogen (secondary N) is 2. The Bertz CT molecular complexity index is 1110. The number of ether oxygens (including phenoxy) is 1. The highest BCUT2D eigenvalue weighted by Gasteiger charge is 2.30. The van der Waals surface area contributed by atoms with Crippen LogP contribution in [0, 0.1) is 0 Å². The Morgan fingerprint density at radius 2 is 1.53 bits per heavy atom. The Balaban J connectivity index is 1.50. The lowest BCUT2D eigenvalue weighted by Gasteiger charge is -2.14. The quantitative estimate of drug-likeness (QED) is 0.527. The van der Waals surface area contributed by atoms with Crippen molar-refractivity contribution in [3.63, 3.8) is 0 Å². The van der Waals surface area contributed by atoms with Crippen LogP contribution in [0.15, 0.2) is 60.7 Å². The Hall–Kier alpha value is -3.55. The second-order valence-electron chi connectivity index (χ2n) is 7.32. The van der Waals surface area contributed by atoms with Gasteiger partial charge in [-0.05, 0) is 59.7 Å². The Labute approximate surface area is 183 Å². The zero-order valence-corrected chi connectivity index (χ0v) is 17.6. The molecule has 3 rings (SSSR count). The van der Waals surface area contributed by atoms with Crippen LogP contribution in [0.4, 0.5) is 13.2 Å². The third kappa shape index (κ3) is 5.57. The fourth-order valence-corrected chi connectivity index (χ4v) is 3.22. The van der Waals surface area contributed by atoms with Crippen molar-refractivity contribution in [3.8, 4) is 5.75 Å². The summed E-state index contributed by atoms with van der Waals surface area (Å²) < 4.78 is 43.0. The average molecular weight is 444 g/mol. The fourth-order valence-electron chi connectivity index (χ4n) is 3.22. The molecule has 1 atom stereocenters. The van der Waals surface area contributed by atoms with Gasteiger partial charge in [0.2, 0.25) is 5.91 Å². The van der Waals surface area contributed by atoms with Gasteiger partial charge in [0.1, 0.15) is 5.75 Å². The number of methoxy groups -OCH3 is 1. The highest BCUT2D eigenvalue weighted by molar-refractivity contribution is 5.94. The van der Waals surface area contributed by atoms with Crippen LogP contribution >= 0.6 is 0 Å². The number of halogens is 3. The molecule has 0 spiro atoms.